The van der Waals surface area contributed by atoms with E-state index in [0.717, 1.165) is 50.3 Å². The number of hydrogen-bond donors (Lipinski definition) is 2. The van der Waals surface area contributed by atoms with Crippen LogP contribution in [0.3, 0.4) is 0 Å². The van der Waals surface area contributed by atoms with Crippen molar-refractivity contribution in [3.63, 3.8) is 0 Å². The van der Waals surface area contributed by atoms with Crippen LogP contribution < -0.4 is 11.1 Å². The van der Waals surface area contributed by atoms with Crippen molar-refractivity contribution in [2.45, 2.75) is 38.6 Å². The molecule has 1 aromatic rings. The molecule has 2 aliphatic heterocycles. The lowest BCUT2D eigenvalue weighted by molar-refractivity contribution is 0.222. The van der Waals surface area contributed by atoms with Crippen molar-refractivity contribution in [3.8, 4) is 0 Å². The van der Waals surface area contributed by atoms with E-state index in [4.69, 9.17) is 5.73 Å². The van der Waals surface area contributed by atoms with Gasteiger partial charge in [0.15, 0.2) is 5.96 Å². The van der Waals surface area contributed by atoms with E-state index in [1.165, 1.54) is 19.3 Å². The maximum atomic E-state index is 12.2. The lowest BCUT2D eigenvalue weighted by Gasteiger charge is -2.27. The second-order valence-corrected chi connectivity index (χ2v) is 6.55. The first-order valence-electron chi connectivity index (χ1n) is 8.92. The Morgan fingerprint density at radius 1 is 1.04 bits per heavy atom. The van der Waals surface area contributed by atoms with Gasteiger partial charge in [0.1, 0.15) is 0 Å². The van der Waals surface area contributed by atoms with Crippen molar-refractivity contribution in [3.05, 3.63) is 29.8 Å². The van der Waals surface area contributed by atoms with E-state index < -0.39 is 0 Å². The standard InChI is InChI=1S/C18H27N5O/c19-17(22-9-2-1-3-10-22)20-14-15-7-6-8-16(13-15)21-18(24)23-11-4-5-12-23/h6-8,13H,1-5,9-12,14H2,(H2,19,20)(H,21,24). The zero-order chi connectivity index (χ0) is 16.8. The Kier molecular flexibility index (Phi) is 5.56. The highest BCUT2D eigenvalue weighted by Gasteiger charge is 2.17. The van der Waals surface area contributed by atoms with Gasteiger partial charge in [0.05, 0.1) is 6.54 Å². The number of urea groups is 1. The number of carbonyl (C=O) groups is 1. The molecule has 2 aliphatic rings. The number of aliphatic imine (C=N–C) groups is 1. The number of guanidine groups is 1. The molecule has 0 atom stereocenters. The van der Waals surface area contributed by atoms with E-state index in [2.05, 4.69) is 15.2 Å². The molecular weight excluding hydrogens is 302 g/mol. The normalized spacial score (nSPS) is 18.8. The summed E-state index contributed by atoms with van der Waals surface area (Å²) < 4.78 is 0. The van der Waals surface area contributed by atoms with E-state index in [0.29, 0.717) is 12.5 Å². The van der Waals surface area contributed by atoms with Gasteiger partial charge in [-0.1, -0.05) is 12.1 Å². The fourth-order valence-corrected chi connectivity index (χ4v) is 3.27. The number of benzene rings is 1. The number of carbonyl (C=O) groups excluding carboxylic acids is 1. The zero-order valence-electron chi connectivity index (χ0n) is 14.2. The summed E-state index contributed by atoms with van der Waals surface area (Å²) in [7, 11) is 0. The van der Waals surface area contributed by atoms with E-state index in [9.17, 15) is 4.79 Å². The molecule has 0 bridgehead atoms. The van der Waals surface area contributed by atoms with Gasteiger partial charge < -0.3 is 20.9 Å². The minimum absolute atomic E-state index is 0.0130. The van der Waals surface area contributed by atoms with Gasteiger partial charge in [-0.3, -0.25) is 0 Å². The summed E-state index contributed by atoms with van der Waals surface area (Å²) in [5.74, 6) is 0.626. The number of nitrogens with two attached hydrogens (primary N) is 1. The lowest BCUT2D eigenvalue weighted by atomic mass is 10.1. The van der Waals surface area contributed by atoms with Gasteiger partial charge in [0, 0.05) is 31.9 Å². The van der Waals surface area contributed by atoms with Crippen LogP contribution in [0, 0.1) is 0 Å². The number of hydrogen-bond acceptors (Lipinski definition) is 2. The highest BCUT2D eigenvalue weighted by Crippen LogP contribution is 2.15. The number of rotatable bonds is 3. The van der Waals surface area contributed by atoms with Gasteiger partial charge in [-0.15, -0.1) is 0 Å². The second kappa shape index (κ2) is 8.04. The quantitative estimate of drug-likeness (QED) is 0.661. The van der Waals surface area contributed by atoms with Crippen molar-refractivity contribution in [2.24, 2.45) is 10.7 Å². The molecule has 6 heteroatoms. The van der Waals surface area contributed by atoms with Crippen molar-refractivity contribution in [1.82, 2.24) is 9.80 Å². The Hall–Kier alpha value is -2.24. The van der Waals surface area contributed by atoms with Crippen molar-refractivity contribution < 1.29 is 4.79 Å². The molecule has 1 aromatic carbocycles. The summed E-state index contributed by atoms with van der Waals surface area (Å²) in [6.45, 7) is 4.24. The second-order valence-electron chi connectivity index (χ2n) is 6.55. The first-order valence-corrected chi connectivity index (χ1v) is 8.92. The third-order valence-corrected chi connectivity index (χ3v) is 4.68. The first kappa shape index (κ1) is 16.6. The van der Waals surface area contributed by atoms with Crippen LogP contribution in [-0.2, 0) is 6.54 Å². The molecule has 6 nitrogen and oxygen atoms in total. The number of nitrogens with one attached hydrogen (secondary N) is 1. The van der Waals surface area contributed by atoms with Gasteiger partial charge in [-0.05, 0) is 49.8 Å². The van der Waals surface area contributed by atoms with Gasteiger partial charge >= 0.3 is 6.03 Å². The fraction of sp³-hybridized carbons (Fsp3) is 0.556. The van der Waals surface area contributed by atoms with Gasteiger partial charge in [0.2, 0.25) is 0 Å². The monoisotopic (exact) mass is 329 g/mol. The number of likely N-dealkylation sites (tertiary alicyclic amines) is 2. The fourth-order valence-electron chi connectivity index (χ4n) is 3.27. The van der Waals surface area contributed by atoms with Crippen LogP contribution in [0.15, 0.2) is 29.3 Å². The molecule has 0 aromatic heterocycles. The summed E-state index contributed by atoms with van der Waals surface area (Å²) >= 11 is 0. The summed E-state index contributed by atoms with van der Waals surface area (Å²) in [5.41, 5.74) is 7.96. The largest absolute Gasteiger partial charge is 0.370 e. The molecule has 2 heterocycles. The topological polar surface area (TPSA) is 74.0 Å². The molecule has 2 saturated heterocycles. The van der Waals surface area contributed by atoms with Crippen LogP contribution >= 0.6 is 0 Å². The smallest absolute Gasteiger partial charge is 0.321 e. The molecule has 2 fully saturated rings. The van der Waals surface area contributed by atoms with Crippen LogP contribution in [0.25, 0.3) is 0 Å². The third kappa shape index (κ3) is 4.40. The summed E-state index contributed by atoms with van der Waals surface area (Å²) in [4.78, 5) is 20.7. The molecule has 24 heavy (non-hydrogen) atoms. The van der Waals surface area contributed by atoms with E-state index >= 15 is 0 Å². The van der Waals surface area contributed by atoms with Crippen LogP contribution in [0.2, 0.25) is 0 Å². The predicted octanol–water partition coefficient (Wildman–Crippen LogP) is 2.61. The average Bonchev–Trinajstić information content (AvgIpc) is 3.15. The van der Waals surface area contributed by atoms with Crippen LogP contribution in [0.5, 0.6) is 0 Å². The maximum Gasteiger partial charge on any atom is 0.321 e. The Labute approximate surface area is 143 Å². The SMILES string of the molecule is NC(=NCc1cccc(NC(=O)N2CCCC2)c1)N1CCCCC1. The summed E-state index contributed by atoms with van der Waals surface area (Å²) in [6, 6.07) is 7.83. The Balaban J connectivity index is 1.57. The number of amides is 2. The molecule has 0 unspecified atom stereocenters. The summed E-state index contributed by atoms with van der Waals surface area (Å²) in [6.07, 6.45) is 5.85. The average molecular weight is 329 g/mol. The van der Waals surface area contributed by atoms with Crippen LogP contribution in [0.4, 0.5) is 10.5 Å². The van der Waals surface area contributed by atoms with Crippen LogP contribution in [-0.4, -0.2) is 48.0 Å². The number of piperidine rings is 1. The molecule has 0 saturated carbocycles. The van der Waals surface area contributed by atoms with Crippen molar-refractivity contribution in [2.75, 3.05) is 31.5 Å². The van der Waals surface area contributed by atoms with Crippen molar-refractivity contribution >= 4 is 17.7 Å². The molecule has 3 rings (SSSR count). The molecule has 0 aliphatic carbocycles. The van der Waals surface area contributed by atoms with Gasteiger partial charge in [0.25, 0.3) is 0 Å². The van der Waals surface area contributed by atoms with E-state index in [1.807, 2.05) is 29.2 Å². The zero-order valence-corrected chi connectivity index (χ0v) is 14.2. The van der Waals surface area contributed by atoms with E-state index in [-0.39, 0.29) is 6.03 Å². The first-order chi connectivity index (χ1) is 11.7. The molecule has 0 spiro atoms. The molecule has 2 amide bonds. The lowest BCUT2D eigenvalue weighted by Crippen LogP contribution is -2.40. The van der Waals surface area contributed by atoms with Crippen molar-refractivity contribution in [1.29, 1.82) is 0 Å². The Morgan fingerprint density at radius 3 is 2.46 bits per heavy atom. The summed E-state index contributed by atoms with van der Waals surface area (Å²) in [5, 5.41) is 2.97. The molecule has 130 valence electrons. The minimum Gasteiger partial charge on any atom is -0.370 e. The molecular formula is C18H27N5O. The highest BCUT2D eigenvalue weighted by molar-refractivity contribution is 5.89. The maximum absolute atomic E-state index is 12.2. The number of nitrogens with zero attached hydrogens (tertiary/aromatic N) is 3. The predicted molar refractivity (Wildman–Crippen MR) is 97.0 cm³/mol. The Bertz CT molecular complexity index is 589. The number of anilines is 1. The molecule has 3 N–H and O–H groups in total. The molecule has 0 radical (unpaired) electrons. The third-order valence-electron chi connectivity index (χ3n) is 4.68. The van der Waals surface area contributed by atoms with Gasteiger partial charge in [-0.2, -0.15) is 0 Å². The minimum atomic E-state index is -0.0130. The highest BCUT2D eigenvalue weighted by atomic mass is 16.2. The Morgan fingerprint density at radius 2 is 1.71 bits per heavy atom. The van der Waals surface area contributed by atoms with Crippen LogP contribution in [0.1, 0.15) is 37.7 Å². The van der Waals surface area contributed by atoms with Gasteiger partial charge in [-0.25, -0.2) is 9.79 Å². The van der Waals surface area contributed by atoms with E-state index in [1.54, 1.807) is 0 Å².